The van der Waals surface area contributed by atoms with Crippen LogP contribution in [0.5, 0.6) is 5.75 Å². The maximum absolute atomic E-state index is 13.1. The van der Waals surface area contributed by atoms with E-state index >= 15 is 0 Å². The van der Waals surface area contributed by atoms with E-state index in [2.05, 4.69) is 32.2 Å². The second-order valence-electron chi connectivity index (χ2n) is 6.22. The predicted octanol–water partition coefficient (Wildman–Crippen LogP) is 3.33. The molecule has 30 heavy (non-hydrogen) atoms. The van der Waals surface area contributed by atoms with Crippen LogP contribution in [0.4, 0.5) is 14.6 Å². The zero-order valence-electron chi connectivity index (χ0n) is 15.9. The number of hydrogen-bond acceptors (Lipinski definition) is 6. The van der Waals surface area contributed by atoms with Crippen molar-refractivity contribution in [2.24, 2.45) is 0 Å². The van der Waals surface area contributed by atoms with Crippen molar-refractivity contribution in [1.29, 1.82) is 0 Å². The number of rotatable bonds is 9. The Morgan fingerprint density at radius 1 is 1.10 bits per heavy atom. The molecule has 7 nitrogen and oxygen atoms in total. The maximum atomic E-state index is 13.1. The van der Waals surface area contributed by atoms with Gasteiger partial charge in [0.15, 0.2) is 18.2 Å². The van der Waals surface area contributed by atoms with Crippen LogP contribution in [0.25, 0.3) is 11.3 Å². The number of benzene rings is 1. The van der Waals surface area contributed by atoms with Gasteiger partial charge in [0.25, 0.3) is 5.91 Å². The Labute approximate surface area is 171 Å². The SMILES string of the molecule is C=C(CCNC(=O)COc1ccc(F)c(F)c1)Nc1cnc(-c2cccnc2)cn1. The van der Waals surface area contributed by atoms with Gasteiger partial charge in [-0.15, -0.1) is 0 Å². The summed E-state index contributed by atoms with van der Waals surface area (Å²) < 4.78 is 31.1. The molecule has 0 saturated carbocycles. The third-order valence-corrected chi connectivity index (χ3v) is 3.92. The number of nitrogens with one attached hydrogen (secondary N) is 2. The van der Waals surface area contributed by atoms with Crippen LogP contribution >= 0.6 is 0 Å². The summed E-state index contributed by atoms with van der Waals surface area (Å²) in [5.74, 6) is -1.81. The number of aromatic nitrogens is 3. The molecular formula is C21H19F2N5O2. The van der Waals surface area contributed by atoms with Crippen LogP contribution in [-0.2, 0) is 4.79 Å². The fraction of sp³-hybridized carbons (Fsp3) is 0.143. The molecule has 2 aromatic heterocycles. The Kier molecular flexibility index (Phi) is 6.99. The van der Waals surface area contributed by atoms with Crippen LogP contribution in [0.15, 0.2) is 67.4 Å². The molecule has 3 rings (SSSR count). The Bertz CT molecular complexity index is 1010. The number of ether oxygens (including phenoxy) is 1. The van der Waals surface area contributed by atoms with Gasteiger partial charge < -0.3 is 15.4 Å². The van der Waals surface area contributed by atoms with E-state index in [1.807, 2.05) is 12.1 Å². The molecule has 0 bridgehead atoms. The van der Waals surface area contributed by atoms with Gasteiger partial charge in [-0.2, -0.15) is 0 Å². The highest BCUT2D eigenvalue weighted by atomic mass is 19.2. The Morgan fingerprint density at radius 2 is 1.97 bits per heavy atom. The molecule has 0 fully saturated rings. The molecule has 9 heteroatoms. The topological polar surface area (TPSA) is 89.0 Å². The molecule has 3 aromatic rings. The van der Waals surface area contributed by atoms with E-state index in [9.17, 15) is 13.6 Å². The standard InChI is InChI=1S/C21H19F2N5O2/c1-14(28-20-12-26-19(11-27-20)15-3-2-7-24-10-15)6-8-25-21(29)13-30-16-4-5-17(22)18(23)9-16/h2-5,7,9-12H,1,6,8,13H2,(H,25,29)(H,27,28). The monoisotopic (exact) mass is 411 g/mol. The van der Waals surface area contributed by atoms with Gasteiger partial charge in [0.1, 0.15) is 11.6 Å². The van der Waals surface area contributed by atoms with Gasteiger partial charge in [-0.25, -0.2) is 13.8 Å². The number of carbonyl (C=O) groups is 1. The Morgan fingerprint density at radius 3 is 2.67 bits per heavy atom. The molecular weight excluding hydrogens is 392 g/mol. The molecule has 0 aliphatic carbocycles. The van der Waals surface area contributed by atoms with Crippen LogP contribution in [0.3, 0.4) is 0 Å². The summed E-state index contributed by atoms with van der Waals surface area (Å²) in [5, 5.41) is 5.67. The lowest BCUT2D eigenvalue weighted by Gasteiger charge is -2.11. The third-order valence-electron chi connectivity index (χ3n) is 3.92. The van der Waals surface area contributed by atoms with E-state index in [0.717, 1.165) is 17.7 Å². The molecule has 2 N–H and O–H groups in total. The quantitative estimate of drug-likeness (QED) is 0.562. The van der Waals surface area contributed by atoms with Crippen LogP contribution in [0.2, 0.25) is 0 Å². The van der Waals surface area contributed by atoms with Crippen molar-refractivity contribution in [2.45, 2.75) is 6.42 Å². The molecule has 0 aliphatic rings. The number of nitrogens with zero attached hydrogens (tertiary/aromatic N) is 3. The van der Waals surface area contributed by atoms with Crippen LogP contribution in [0.1, 0.15) is 6.42 Å². The van der Waals surface area contributed by atoms with Crippen molar-refractivity contribution in [1.82, 2.24) is 20.3 Å². The summed E-state index contributed by atoms with van der Waals surface area (Å²) in [6.07, 6.45) is 7.05. The molecule has 0 unspecified atom stereocenters. The minimum atomic E-state index is -1.04. The van der Waals surface area contributed by atoms with Gasteiger partial charge in [-0.3, -0.25) is 14.8 Å². The maximum Gasteiger partial charge on any atom is 0.257 e. The van der Waals surface area contributed by atoms with E-state index in [1.165, 1.54) is 6.07 Å². The van der Waals surface area contributed by atoms with Crippen molar-refractivity contribution in [3.63, 3.8) is 0 Å². The molecule has 1 aromatic carbocycles. The number of carbonyl (C=O) groups excluding carboxylic acids is 1. The smallest absolute Gasteiger partial charge is 0.257 e. The number of anilines is 1. The normalized spacial score (nSPS) is 10.3. The van der Waals surface area contributed by atoms with E-state index in [4.69, 9.17) is 4.74 Å². The summed E-state index contributed by atoms with van der Waals surface area (Å²) in [6.45, 7) is 3.89. The van der Waals surface area contributed by atoms with Crippen LogP contribution in [-0.4, -0.2) is 34.0 Å². The van der Waals surface area contributed by atoms with Crippen molar-refractivity contribution in [3.8, 4) is 17.0 Å². The van der Waals surface area contributed by atoms with Crippen molar-refractivity contribution >= 4 is 11.7 Å². The molecule has 0 atom stereocenters. The Balaban J connectivity index is 1.38. The number of amides is 1. The summed E-state index contributed by atoms with van der Waals surface area (Å²) in [5.41, 5.74) is 2.21. The summed E-state index contributed by atoms with van der Waals surface area (Å²) in [7, 11) is 0. The molecule has 1 amide bonds. The van der Waals surface area contributed by atoms with Gasteiger partial charge in [0.05, 0.1) is 18.1 Å². The van der Waals surface area contributed by atoms with Gasteiger partial charge in [0, 0.05) is 42.7 Å². The second kappa shape index (κ2) is 10.1. The van der Waals surface area contributed by atoms with Gasteiger partial charge >= 0.3 is 0 Å². The Hall–Kier alpha value is -3.88. The van der Waals surface area contributed by atoms with Gasteiger partial charge in [-0.05, 0) is 24.3 Å². The van der Waals surface area contributed by atoms with Crippen LogP contribution in [0, 0.1) is 11.6 Å². The molecule has 0 spiro atoms. The number of hydrogen-bond donors (Lipinski definition) is 2. The van der Waals surface area contributed by atoms with Gasteiger partial charge in [0.2, 0.25) is 0 Å². The lowest BCUT2D eigenvalue weighted by atomic mass is 10.2. The highest BCUT2D eigenvalue weighted by molar-refractivity contribution is 5.77. The van der Waals surface area contributed by atoms with E-state index in [1.54, 1.807) is 24.8 Å². The third kappa shape index (κ3) is 6.06. The zero-order chi connectivity index (χ0) is 21.3. The van der Waals surface area contributed by atoms with Crippen molar-refractivity contribution in [3.05, 3.63) is 79.0 Å². The van der Waals surface area contributed by atoms with Crippen molar-refractivity contribution in [2.75, 3.05) is 18.5 Å². The average molecular weight is 411 g/mol. The molecule has 2 heterocycles. The first-order chi connectivity index (χ1) is 14.5. The van der Waals surface area contributed by atoms with E-state index in [-0.39, 0.29) is 12.4 Å². The predicted molar refractivity (Wildman–Crippen MR) is 108 cm³/mol. The molecule has 0 saturated heterocycles. The summed E-state index contributed by atoms with van der Waals surface area (Å²) >= 11 is 0. The summed E-state index contributed by atoms with van der Waals surface area (Å²) in [6, 6.07) is 6.78. The first-order valence-corrected chi connectivity index (χ1v) is 9.03. The van der Waals surface area contributed by atoms with E-state index in [0.29, 0.717) is 30.2 Å². The van der Waals surface area contributed by atoms with Gasteiger partial charge in [-0.1, -0.05) is 6.58 Å². The lowest BCUT2D eigenvalue weighted by molar-refractivity contribution is -0.123. The highest BCUT2D eigenvalue weighted by Gasteiger charge is 2.07. The minimum Gasteiger partial charge on any atom is -0.484 e. The fourth-order valence-corrected chi connectivity index (χ4v) is 2.42. The molecule has 0 aliphatic heterocycles. The molecule has 0 radical (unpaired) electrons. The van der Waals surface area contributed by atoms with Crippen molar-refractivity contribution < 1.29 is 18.3 Å². The largest absolute Gasteiger partial charge is 0.484 e. The fourth-order valence-electron chi connectivity index (χ4n) is 2.42. The van der Waals surface area contributed by atoms with E-state index < -0.39 is 17.5 Å². The lowest BCUT2D eigenvalue weighted by Crippen LogP contribution is -2.30. The zero-order valence-corrected chi connectivity index (χ0v) is 15.9. The molecule has 154 valence electrons. The average Bonchev–Trinajstić information content (AvgIpc) is 2.76. The summed E-state index contributed by atoms with van der Waals surface area (Å²) in [4.78, 5) is 24.5. The highest BCUT2D eigenvalue weighted by Crippen LogP contribution is 2.16. The first-order valence-electron chi connectivity index (χ1n) is 9.03. The number of halogens is 2. The minimum absolute atomic E-state index is 0.0726. The second-order valence-corrected chi connectivity index (χ2v) is 6.22. The van der Waals surface area contributed by atoms with Crippen LogP contribution < -0.4 is 15.4 Å². The number of pyridine rings is 1. The first kappa shape index (κ1) is 20.8.